The minimum atomic E-state index is -3.99. The quantitative estimate of drug-likeness (QED) is 0.837. The first-order valence-corrected chi connectivity index (χ1v) is 8.31. The summed E-state index contributed by atoms with van der Waals surface area (Å²) in [6.07, 6.45) is 0. The molecule has 1 aliphatic rings. The van der Waals surface area contributed by atoms with Crippen LogP contribution in [0.5, 0.6) is 0 Å². The minimum absolute atomic E-state index is 0.117. The van der Waals surface area contributed by atoms with E-state index < -0.39 is 9.05 Å². The normalized spacial score (nSPS) is 23.9. The van der Waals surface area contributed by atoms with Crippen LogP contribution in [0.2, 0.25) is 0 Å². The average molecular weight is 306 g/mol. The molecule has 2 rings (SSSR count). The van der Waals surface area contributed by atoms with Crippen molar-refractivity contribution in [2.24, 2.45) is 11.8 Å². The minimum Gasteiger partial charge on any atom is -0.337 e. The van der Waals surface area contributed by atoms with Gasteiger partial charge in [0, 0.05) is 23.8 Å². The highest BCUT2D eigenvalue weighted by molar-refractivity contribution is 8.13. The molecule has 0 aliphatic carbocycles. The molecule has 0 bridgehead atoms. The van der Waals surface area contributed by atoms with E-state index in [2.05, 4.69) is 24.0 Å². The number of rotatable bonds is 2. The lowest BCUT2D eigenvalue weighted by Crippen LogP contribution is -2.30. The van der Waals surface area contributed by atoms with Gasteiger partial charge < -0.3 is 4.90 Å². The number of halogens is 1. The van der Waals surface area contributed by atoms with E-state index >= 15 is 0 Å². The fourth-order valence-corrected chi connectivity index (χ4v) is 3.65. The van der Waals surface area contributed by atoms with E-state index in [1.165, 1.54) is 6.92 Å². The molecule has 1 N–H and O–H groups in total. The van der Waals surface area contributed by atoms with Crippen LogP contribution in [0.4, 0.5) is 0 Å². The lowest BCUT2D eigenvalue weighted by molar-refractivity contribution is 0.0775. The Kier molecular flexibility index (Phi) is 3.61. The molecule has 2 atom stereocenters. The summed E-state index contributed by atoms with van der Waals surface area (Å²) in [6.45, 7) is 6.86. The van der Waals surface area contributed by atoms with E-state index in [4.69, 9.17) is 10.7 Å². The fraction of sp³-hybridized carbons (Fsp3) is 0.636. The summed E-state index contributed by atoms with van der Waals surface area (Å²) in [5, 5.41) is 6.31. The molecule has 1 aliphatic heterocycles. The van der Waals surface area contributed by atoms with E-state index in [1.54, 1.807) is 4.90 Å². The van der Waals surface area contributed by atoms with Gasteiger partial charge in [-0.1, -0.05) is 13.8 Å². The van der Waals surface area contributed by atoms with Crippen molar-refractivity contribution in [3.05, 3.63) is 11.4 Å². The first kappa shape index (κ1) is 14.3. The third kappa shape index (κ3) is 2.62. The van der Waals surface area contributed by atoms with Crippen LogP contribution in [0.15, 0.2) is 4.90 Å². The van der Waals surface area contributed by atoms with Crippen LogP contribution in [-0.2, 0) is 9.05 Å². The van der Waals surface area contributed by atoms with Crippen molar-refractivity contribution < 1.29 is 13.2 Å². The number of nitrogens with one attached hydrogen (secondary N) is 1. The van der Waals surface area contributed by atoms with Crippen LogP contribution in [0.1, 0.15) is 30.0 Å². The number of carbonyl (C=O) groups excluding carboxylic acids is 1. The summed E-state index contributed by atoms with van der Waals surface area (Å²) in [6, 6.07) is 0. The first-order valence-electron chi connectivity index (χ1n) is 6.00. The van der Waals surface area contributed by atoms with Gasteiger partial charge in [-0.25, -0.2) is 8.42 Å². The maximum atomic E-state index is 12.3. The molecule has 1 fully saturated rings. The molecule has 2 unspecified atom stereocenters. The number of aromatic amines is 1. The van der Waals surface area contributed by atoms with Crippen molar-refractivity contribution in [2.45, 2.75) is 25.7 Å². The molecule has 19 heavy (non-hydrogen) atoms. The number of hydrogen-bond donors (Lipinski definition) is 1. The smallest absolute Gasteiger partial charge is 0.275 e. The van der Waals surface area contributed by atoms with E-state index in [0.717, 1.165) is 0 Å². The third-order valence-corrected chi connectivity index (χ3v) is 5.06. The van der Waals surface area contributed by atoms with Gasteiger partial charge in [0.15, 0.2) is 5.69 Å². The largest absolute Gasteiger partial charge is 0.337 e. The highest BCUT2D eigenvalue weighted by Crippen LogP contribution is 2.27. The van der Waals surface area contributed by atoms with Crippen molar-refractivity contribution in [1.29, 1.82) is 0 Å². The molecule has 0 radical (unpaired) electrons. The topological polar surface area (TPSA) is 83.1 Å². The lowest BCUT2D eigenvalue weighted by Gasteiger charge is -2.14. The molecule has 8 heteroatoms. The van der Waals surface area contributed by atoms with Gasteiger partial charge >= 0.3 is 0 Å². The second kappa shape index (κ2) is 4.79. The SMILES string of the molecule is Cc1[nH]nc(C(=O)N2CC(C)C(C)C2)c1S(=O)(=O)Cl. The third-order valence-electron chi connectivity index (χ3n) is 3.61. The molecular formula is C11H16ClN3O3S. The van der Waals surface area contributed by atoms with Gasteiger partial charge in [-0.05, 0) is 18.8 Å². The standard InChI is InChI=1S/C11H16ClN3O3S/c1-6-4-15(5-7(6)2)11(16)9-10(19(12,17)18)8(3)13-14-9/h6-7H,4-5H2,1-3H3,(H,13,14). The molecule has 1 saturated heterocycles. The van der Waals surface area contributed by atoms with Crippen molar-refractivity contribution in [3.63, 3.8) is 0 Å². The molecule has 1 aromatic rings. The van der Waals surface area contributed by atoms with E-state index in [0.29, 0.717) is 24.9 Å². The van der Waals surface area contributed by atoms with Gasteiger partial charge in [-0.15, -0.1) is 0 Å². The van der Waals surface area contributed by atoms with Crippen LogP contribution >= 0.6 is 10.7 Å². The van der Waals surface area contributed by atoms with Crippen molar-refractivity contribution >= 4 is 25.6 Å². The van der Waals surface area contributed by atoms with E-state index in [9.17, 15) is 13.2 Å². The number of aryl methyl sites for hydroxylation is 1. The number of amides is 1. The molecule has 0 aromatic carbocycles. The zero-order valence-corrected chi connectivity index (χ0v) is 12.5. The molecule has 0 spiro atoms. The number of nitrogens with zero attached hydrogens (tertiary/aromatic N) is 2. The molecule has 6 nitrogen and oxygen atoms in total. The summed E-state index contributed by atoms with van der Waals surface area (Å²) in [5.74, 6) is 0.389. The second-order valence-corrected chi connectivity index (χ2v) is 7.63. The Morgan fingerprint density at radius 1 is 1.37 bits per heavy atom. The number of likely N-dealkylation sites (tertiary alicyclic amines) is 1. The Hall–Kier alpha value is -1.08. The first-order chi connectivity index (χ1) is 8.71. The number of aromatic nitrogens is 2. The Morgan fingerprint density at radius 3 is 2.37 bits per heavy atom. The molecular weight excluding hydrogens is 290 g/mol. The van der Waals surface area contributed by atoms with Gasteiger partial charge in [0.1, 0.15) is 4.90 Å². The summed E-state index contributed by atoms with van der Waals surface area (Å²) in [4.78, 5) is 13.7. The van der Waals surface area contributed by atoms with Gasteiger partial charge in [-0.3, -0.25) is 9.89 Å². The van der Waals surface area contributed by atoms with Gasteiger partial charge in [0.05, 0.1) is 5.69 Å². The summed E-state index contributed by atoms with van der Waals surface area (Å²) < 4.78 is 23.0. The Morgan fingerprint density at radius 2 is 1.89 bits per heavy atom. The van der Waals surface area contributed by atoms with Gasteiger partial charge in [0.2, 0.25) is 0 Å². The lowest BCUT2D eigenvalue weighted by atomic mass is 10.0. The summed E-state index contributed by atoms with van der Waals surface area (Å²) in [7, 11) is 1.37. The monoisotopic (exact) mass is 305 g/mol. The maximum absolute atomic E-state index is 12.3. The predicted molar refractivity (Wildman–Crippen MR) is 70.6 cm³/mol. The molecule has 1 amide bonds. The van der Waals surface area contributed by atoms with Gasteiger partial charge in [-0.2, -0.15) is 5.10 Å². The summed E-state index contributed by atoms with van der Waals surface area (Å²) >= 11 is 0. The van der Waals surface area contributed by atoms with E-state index in [1.807, 2.05) is 0 Å². The molecule has 0 saturated carbocycles. The van der Waals surface area contributed by atoms with Crippen molar-refractivity contribution in [1.82, 2.24) is 15.1 Å². The Bertz CT molecular complexity index is 601. The zero-order valence-electron chi connectivity index (χ0n) is 11.0. The summed E-state index contributed by atoms with van der Waals surface area (Å²) in [5.41, 5.74) is 0.160. The predicted octanol–water partition coefficient (Wildman–Crippen LogP) is 1.37. The molecule has 106 valence electrons. The highest BCUT2D eigenvalue weighted by Gasteiger charge is 2.34. The Balaban J connectivity index is 2.36. The van der Waals surface area contributed by atoms with E-state index in [-0.39, 0.29) is 22.2 Å². The number of carbonyl (C=O) groups is 1. The van der Waals surface area contributed by atoms with Crippen LogP contribution in [0.3, 0.4) is 0 Å². The van der Waals surface area contributed by atoms with Crippen LogP contribution in [0.25, 0.3) is 0 Å². The van der Waals surface area contributed by atoms with Gasteiger partial charge in [0.25, 0.3) is 15.0 Å². The van der Waals surface area contributed by atoms with Crippen LogP contribution in [-0.4, -0.2) is 42.5 Å². The van der Waals surface area contributed by atoms with Crippen molar-refractivity contribution in [3.8, 4) is 0 Å². The van der Waals surface area contributed by atoms with Crippen LogP contribution < -0.4 is 0 Å². The second-order valence-electron chi connectivity index (χ2n) is 5.13. The Labute approximate surface area is 116 Å². The van der Waals surface area contributed by atoms with Crippen molar-refractivity contribution in [2.75, 3.05) is 13.1 Å². The van der Waals surface area contributed by atoms with Crippen LogP contribution in [0, 0.1) is 18.8 Å². The zero-order chi connectivity index (χ0) is 14.4. The molecule has 1 aromatic heterocycles. The highest BCUT2D eigenvalue weighted by atomic mass is 35.7. The average Bonchev–Trinajstić information content (AvgIpc) is 2.82. The number of H-pyrrole nitrogens is 1. The maximum Gasteiger partial charge on any atom is 0.275 e. The number of hydrogen-bond acceptors (Lipinski definition) is 4. The molecule has 2 heterocycles. The fourth-order valence-electron chi connectivity index (χ4n) is 2.31.